The van der Waals surface area contributed by atoms with E-state index in [9.17, 15) is 0 Å². The van der Waals surface area contributed by atoms with Crippen molar-refractivity contribution in [1.29, 1.82) is 0 Å². The molecule has 0 heterocycles. The molecule has 1 N–H and O–H groups in total. The number of para-hydroxylation sites is 1. The van der Waals surface area contributed by atoms with E-state index < -0.39 is 0 Å². The first-order valence-electron chi connectivity index (χ1n) is 7.69. The normalized spacial score (nSPS) is 12.4. The molecule has 0 fully saturated rings. The molecule has 1 atom stereocenters. The molecule has 2 heteroatoms. The summed E-state index contributed by atoms with van der Waals surface area (Å²) < 4.78 is 5.82. The Morgan fingerprint density at radius 1 is 0.857 bits per heavy atom. The molecule has 1 unspecified atom stereocenters. The van der Waals surface area contributed by atoms with Crippen molar-refractivity contribution in [2.24, 2.45) is 5.92 Å². The highest BCUT2D eigenvalue weighted by atomic mass is 16.5. The van der Waals surface area contributed by atoms with Crippen LogP contribution in [0, 0.1) is 5.92 Å². The van der Waals surface area contributed by atoms with Crippen molar-refractivity contribution in [2.45, 2.75) is 32.7 Å². The van der Waals surface area contributed by atoms with E-state index in [1.54, 1.807) is 0 Å². The molecule has 0 aliphatic carbocycles. The van der Waals surface area contributed by atoms with Crippen LogP contribution in [-0.2, 0) is 0 Å². The summed E-state index contributed by atoms with van der Waals surface area (Å²) in [5.41, 5.74) is 1.32. The Morgan fingerprint density at radius 3 is 2.05 bits per heavy atom. The second-order valence-corrected chi connectivity index (χ2v) is 5.80. The largest absolute Gasteiger partial charge is 0.457 e. The van der Waals surface area contributed by atoms with Crippen LogP contribution in [0.15, 0.2) is 54.6 Å². The van der Waals surface area contributed by atoms with Gasteiger partial charge in [0.05, 0.1) is 0 Å². The van der Waals surface area contributed by atoms with E-state index in [0.29, 0.717) is 6.04 Å². The van der Waals surface area contributed by atoms with Crippen molar-refractivity contribution in [2.75, 3.05) is 7.05 Å². The van der Waals surface area contributed by atoms with Crippen LogP contribution in [0.1, 0.15) is 38.3 Å². The standard InChI is InChI=1S/C19H25NO/c1-15(2)9-14-19(20-3)16-10-12-18(13-11-16)21-17-7-5-4-6-8-17/h4-8,10-13,15,19-20H,9,14H2,1-3H3. The molecule has 2 nitrogen and oxygen atoms in total. The van der Waals surface area contributed by atoms with Crippen molar-refractivity contribution in [3.05, 3.63) is 60.2 Å². The topological polar surface area (TPSA) is 21.3 Å². The fraction of sp³-hybridized carbons (Fsp3) is 0.368. The van der Waals surface area contributed by atoms with E-state index >= 15 is 0 Å². The number of ether oxygens (including phenoxy) is 1. The first-order chi connectivity index (χ1) is 10.2. The molecule has 0 saturated heterocycles. The Kier molecular flexibility index (Phi) is 5.82. The fourth-order valence-corrected chi connectivity index (χ4v) is 2.37. The SMILES string of the molecule is CNC(CCC(C)C)c1ccc(Oc2ccccc2)cc1. The summed E-state index contributed by atoms with van der Waals surface area (Å²) in [6.07, 6.45) is 2.39. The predicted octanol–water partition coefficient (Wildman–Crippen LogP) is 5.18. The van der Waals surface area contributed by atoms with E-state index in [1.807, 2.05) is 49.5 Å². The lowest BCUT2D eigenvalue weighted by atomic mass is 9.98. The summed E-state index contributed by atoms with van der Waals surface area (Å²) in [5.74, 6) is 2.49. The third kappa shape index (κ3) is 4.91. The van der Waals surface area contributed by atoms with Gasteiger partial charge >= 0.3 is 0 Å². The minimum Gasteiger partial charge on any atom is -0.457 e. The van der Waals surface area contributed by atoms with Crippen molar-refractivity contribution in [3.63, 3.8) is 0 Å². The number of nitrogens with one attached hydrogen (secondary N) is 1. The molecule has 112 valence electrons. The van der Waals surface area contributed by atoms with Gasteiger partial charge < -0.3 is 10.1 Å². The second-order valence-electron chi connectivity index (χ2n) is 5.80. The van der Waals surface area contributed by atoms with Crippen LogP contribution in [0.25, 0.3) is 0 Å². The summed E-state index contributed by atoms with van der Waals surface area (Å²) in [4.78, 5) is 0. The summed E-state index contributed by atoms with van der Waals surface area (Å²) in [6.45, 7) is 4.53. The quantitative estimate of drug-likeness (QED) is 0.756. The summed E-state index contributed by atoms with van der Waals surface area (Å²) in [7, 11) is 2.03. The van der Waals surface area contributed by atoms with Gasteiger partial charge in [0.1, 0.15) is 11.5 Å². The van der Waals surface area contributed by atoms with Crippen molar-refractivity contribution in [3.8, 4) is 11.5 Å². The summed E-state index contributed by atoms with van der Waals surface area (Å²) >= 11 is 0. The van der Waals surface area contributed by atoms with Gasteiger partial charge in [0, 0.05) is 6.04 Å². The molecule has 0 bridgehead atoms. The van der Waals surface area contributed by atoms with E-state index in [2.05, 4.69) is 31.3 Å². The maximum absolute atomic E-state index is 5.82. The van der Waals surface area contributed by atoms with Crippen LogP contribution < -0.4 is 10.1 Å². The third-order valence-corrected chi connectivity index (χ3v) is 3.64. The van der Waals surface area contributed by atoms with Gasteiger partial charge in [-0.3, -0.25) is 0 Å². The predicted molar refractivity (Wildman–Crippen MR) is 88.8 cm³/mol. The lowest BCUT2D eigenvalue weighted by Gasteiger charge is -2.18. The molecule has 2 aromatic carbocycles. The van der Waals surface area contributed by atoms with Gasteiger partial charge in [0.2, 0.25) is 0 Å². The number of hydrogen-bond acceptors (Lipinski definition) is 2. The van der Waals surface area contributed by atoms with Crippen LogP contribution in [-0.4, -0.2) is 7.05 Å². The summed E-state index contributed by atoms with van der Waals surface area (Å²) in [5, 5.41) is 3.40. The molecular weight excluding hydrogens is 258 g/mol. The van der Waals surface area contributed by atoms with E-state index in [4.69, 9.17) is 4.74 Å². The highest BCUT2D eigenvalue weighted by Crippen LogP contribution is 2.25. The minimum atomic E-state index is 0.415. The molecule has 0 amide bonds. The zero-order chi connectivity index (χ0) is 15.1. The minimum absolute atomic E-state index is 0.415. The lowest BCUT2D eigenvalue weighted by molar-refractivity contribution is 0.462. The fourth-order valence-electron chi connectivity index (χ4n) is 2.37. The van der Waals surface area contributed by atoms with Gasteiger partial charge in [-0.25, -0.2) is 0 Å². The zero-order valence-electron chi connectivity index (χ0n) is 13.2. The molecule has 0 aliphatic heterocycles. The molecule has 0 radical (unpaired) electrons. The molecule has 2 rings (SSSR count). The van der Waals surface area contributed by atoms with E-state index in [0.717, 1.165) is 23.8 Å². The van der Waals surface area contributed by atoms with E-state index in [-0.39, 0.29) is 0 Å². The molecule has 21 heavy (non-hydrogen) atoms. The maximum atomic E-state index is 5.82. The van der Waals surface area contributed by atoms with Gasteiger partial charge in [-0.05, 0) is 55.6 Å². The lowest BCUT2D eigenvalue weighted by Crippen LogP contribution is -2.16. The third-order valence-electron chi connectivity index (χ3n) is 3.64. The van der Waals surface area contributed by atoms with Crippen LogP contribution >= 0.6 is 0 Å². The molecule has 0 spiro atoms. The highest BCUT2D eigenvalue weighted by molar-refractivity contribution is 5.33. The highest BCUT2D eigenvalue weighted by Gasteiger charge is 2.10. The number of rotatable bonds is 7. The number of hydrogen-bond donors (Lipinski definition) is 1. The molecular formula is C19H25NO. The van der Waals surface area contributed by atoms with Gasteiger partial charge in [0.15, 0.2) is 0 Å². The summed E-state index contributed by atoms with van der Waals surface area (Å²) in [6, 6.07) is 18.7. The van der Waals surface area contributed by atoms with Crippen molar-refractivity contribution < 1.29 is 4.74 Å². The Balaban J connectivity index is 2.00. The molecule has 0 aliphatic rings. The monoisotopic (exact) mass is 283 g/mol. The Labute approximate surface area is 128 Å². The smallest absolute Gasteiger partial charge is 0.127 e. The Hall–Kier alpha value is -1.80. The van der Waals surface area contributed by atoms with Crippen LogP contribution in [0.5, 0.6) is 11.5 Å². The van der Waals surface area contributed by atoms with Crippen molar-refractivity contribution in [1.82, 2.24) is 5.32 Å². The Bertz CT molecular complexity index is 519. The Morgan fingerprint density at radius 2 is 1.48 bits per heavy atom. The van der Waals surface area contributed by atoms with Gasteiger partial charge in [-0.1, -0.05) is 44.2 Å². The second kappa shape index (κ2) is 7.84. The van der Waals surface area contributed by atoms with Crippen LogP contribution in [0.4, 0.5) is 0 Å². The zero-order valence-corrected chi connectivity index (χ0v) is 13.2. The van der Waals surface area contributed by atoms with Crippen LogP contribution in [0.3, 0.4) is 0 Å². The van der Waals surface area contributed by atoms with Crippen LogP contribution in [0.2, 0.25) is 0 Å². The number of benzene rings is 2. The molecule has 0 aromatic heterocycles. The first kappa shape index (κ1) is 15.6. The van der Waals surface area contributed by atoms with Gasteiger partial charge in [-0.2, -0.15) is 0 Å². The van der Waals surface area contributed by atoms with E-state index in [1.165, 1.54) is 12.0 Å². The molecule has 2 aromatic rings. The first-order valence-corrected chi connectivity index (χ1v) is 7.69. The average molecular weight is 283 g/mol. The average Bonchev–Trinajstić information content (AvgIpc) is 2.50. The maximum Gasteiger partial charge on any atom is 0.127 e. The van der Waals surface area contributed by atoms with Gasteiger partial charge in [-0.15, -0.1) is 0 Å². The van der Waals surface area contributed by atoms with Gasteiger partial charge in [0.25, 0.3) is 0 Å². The molecule has 0 saturated carbocycles. The van der Waals surface area contributed by atoms with Crippen molar-refractivity contribution >= 4 is 0 Å².